The van der Waals surface area contributed by atoms with Crippen LogP contribution in [0.25, 0.3) is 0 Å². The van der Waals surface area contributed by atoms with Gasteiger partial charge in [0.15, 0.2) is 6.19 Å². The molecule has 3 N–H and O–H groups in total. The summed E-state index contributed by atoms with van der Waals surface area (Å²) in [4.78, 5) is 8.17. The molecule has 0 aliphatic carbocycles. The van der Waals surface area contributed by atoms with E-state index in [0.717, 1.165) is 22.9 Å². The van der Waals surface area contributed by atoms with Crippen molar-refractivity contribution in [1.29, 1.82) is 5.26 Å². The molecule has 5 nitrogen and oxygen atoms in total. The lowest BCUT2D eigenvalue weighted by Crippen LogP contribution is -2.27. The van der Waals surface area contributed by atoms with E-state index in [-0.39, 0.29) is 5.96 Å². The summed E-state index contributed by atoms with van der Waals surface area (Å²) in [6.45, 7) is 0.644. The monoisotopic (exact) mass is 255 g/mol. The van der Waals surface area contributed by atoms with Crippen molar-refractivity contribution in [2.24, 2.45) is 10.7 Å². The van der Waals surface area contributed by atoms with Crippen molar-refractivity contribution < 1.29 is 0 Å². The van der Waals surface area contributed by atoms with Crippen LogP contribution in [0.3, 0.4) is 0 Å². The maximum absolute atomic E-state index is 8.25. The van der Waals surface area contributed by atoms with Crippen LogP contribution in [-0.4, -0.2) is 23.2 Å². The summed E-state index contributed by atoms with van der Waals surface area (Å²) in [5.74, 6) is 2.16. The van der Waals surface area contributed by atoms with Crippen molar-refractivity contribution in [2.45, 2.75) is 12.2 Å². The SMILES string of the molecule is N#CNC(N)=NCCCSCc1nccs1. The van der Waals surface area contributed by atoms with Crippen molar-refractivity contribution >= 4 is 29.1 Å². The predicted octanol–water partition coefficient (Wildman–Crippen LogP) is 1.15. The van der Waals surface area contributed by atoms with Crippen LogP contribution in [0, 0.1) is 11.5 Å². The molecular formula is C9H13N5S2. The Bertz CT molecular complexity index is 354. The molecule has 0 aliphatic rings. The average Bonchev–Trinajstić information content (AvgIpc) is 2.76. The summed E-state index contributed by atoms with van der Waals surface area (Å²) in [5.41, 5.74) is 5.38. The summed E-state index contributed by atoms with van der Waals surface area (Å²) < 4.78 is 0. The minimum absolute atomic E-state index is 0.187. The van der Waals surface area contributed by atoms with E-state index in [0.29, 0.717) is 6.54 Å². The van der Waals surface area contributed by atoms with Gasteiger partial charge in [-0.1, -0.05) is 0 Å². The zero-order valence-electron chi connectivity index (χ0n) is 8.72. The molecule has 86 valence electrons. The van der Waals surface area contributed by atoms with E-state index in [9.17, 15) is 0 Å². The first-order valence-electron chi connectivity index (χ1n) is 4.74. The lowest BCUT2D eigenvalue weighted by molar-refractivity contribution is 0.930. The van der Waals surface area contributed by atoms with Gasteiger partial charge in [-0.2, -0.15) is 17.0 Å². The third-order valence-corrected chi connectivity index (χ3v) is 3.64. The molecule has 16 heavy (non-hydrogen) atoms. The number of nitrogens with two attached hydrogens (primary N) is 1. The van der Waals surface area contributed by atoms with Gasteiger partial charge in [-0.25, -0.2) is 4.98 Å². The summed E-state index contributed by atoms with van der Waals surface area (Å²) >= 11 is 3.50. The van der Waals surface area contributed by atoms with Crippen molar-refractivity contribution in [1.82, 2.24) is 10.3 Å². The van der Waals surface area contributed by atoms with Crippen LogP contribution >= 0.6 is 23.1 Å². The number of guanidine groups is 1. The number of aromatic nitrogens is 1. The first-order valence-corrected chi connectivity index (χ1v) is 6.77. The predicted molar refractivity (Wildman–Crippen MR) is 68.1 cm³/mol. The number of thiazole rings is 1. The Hall–Kier alpha value is -1.26. The number of rotatable bonds is 6. The van der Waals surface area contributed by atoms with Gasteiger partial charge < -0.3 is 5.73 Å². The van der Waals surface area contributed by atoms with E-state index in [1.807, 2.05) is 23.3 Å². The van der Waals surface area contributed by atoms with Crippen molar-refractivity contribution in [3.05, 3.63) is 16.6 Å². The van der Waals surface area contributed by atoms with Crippen molar-refractivity contribution in [3.63, 3.8) is 0 Å². The molecule has 0 unspecified atom stereocenters. The summed E-state index contributed by atoms with van der Waals surface area (Å²) in [7, 11) is 0. The summed E-state index contributed by atoms with van der Waals surface area (Å²) in [5, 5.41) is 13.7. The van der Waals surface area contributed by atoms with E-state index in [4.69, 9.17) is 11.0 Å². The molecule has 1 rings (SSSR count). The fourth-order valence-electron chi connectivity index (χ4n) is 0.947. The molecule has 0 radical (unpaired) electrons. The first-order chi connectivity index (χ1) is 7.83. The maximum Gasteiger partial charge on any atom is 0.202 e. The highest BCUT2D eigenvalue weighted by molar-refractivity contribution is 7.98. The van der Waals surface area contributed by atoms with Gasteiger partial charge >= 0.3 is 0 Å². The van der Waals surface area contributed by atoms with E-state index >= 15 is 0 Å². The molecule has 7 heteroatoms. The van der Waals surface area contributed by atoms with Gasteiger partial charge in [0, 0.05) is 23.9 Å². The molecule has 0 atom stereocenters. The highest BCUT2D eigenvalue weighted by Gasteiger charge is 1.95. The Morgan fingerprint density at radius 3 is 3.31 bits per heavy atom. The topological polar surface area (TPSA) is 87.1 Å². The Kier molecular flexibility index (Phi) is 6.37. The number of aliphatic imine (C=N–C) groups is 1. The molecule has 0 fully saturated rings. The smallest absolute Gasteiger partial charge is 0.202 e. The van der Waals surface area contributed by atoms with Crippen LogP contribution in [0.1, 0.15) is 11.4 Å². The van der Waals surface area contributed by atoms with E-state index in [1.54, 1.807) is 17.5 Å². The zero-order chi connectivity index (χ0) is 11.6. The molecule has 0 amide bonds. The third-order valence-electron chi connectivity index (χ3n) is 1.62. The number of hydrogen-bond acceptors (Lipinski definition) is 5. The number of thioether (sulfide) groups is 1. The largest absolute Gasteiger partial charge is 0.369 e. The normalized spacial score (nSPS) is 11.1. The van der Waals surface area contributed by atoms with Gasteiger partial charge in [0.2, 0.25) is 5.96 Å². The average molecular weight is 255 g/mol. The van der Waals surface area contributed by atoms with Crippen LogP contribution in [-0.2, 0) is 5.75 Å². The Balaban J connectivity index is 2.00. The fourth-order valence-corrected chi connectivity index (χ4v) is 2.60. The fraction of sp³-hybridized carbons (Fsp3) is 0.444. The lowest BCUT2D eigenvalue weighted by Gasteiger charge is -1.98. The zero-order valence-corrected chi connectivity index (χ0v) is 10.4. The molecule has 1 aromatic rings. The van der Waals surface area contributed by atoms with Gasteiger partial charge in [-0.3, -0.25) is 10.3 Å². The van der Waals surface area contributed by atoms with Crippen LogP contribution < -0.4 is 11.1 Å². The second kappa shape index (κ2) is 7.96. The summed E-state index contributed by atoms with van der Waals surface area (Å²) in [6, 6.07) is 0. The molecular weight excluding hydrogens is 242 g/mol. The molecule has 0 aromatic carbocycles. The van der Waals surface area contributed by atoms with E-state index < -0.39 is 0 Å². The maximum atomic E-state index is 8.25. The van der Waals surface area contributed by atoms with Crippen LogP contribution in [0.2, 0.25) is 0 Å². The Labute approximate surface area is 103 Å². The van der Waals surface area contributed by atoms with Crippen LogP contribution in [0.5, 0.6) is 0 Å². The molecule has 0 aliphatic heterocycles. The first kappa shape index (κ1) is 12.8. The standard InChI is InChI=1S/C9H13N5S2/c10-7-14-9(11)13-2-1-4-15-6-8-12-3-5-16-8/h3,5H,1-2,4,6H2,(H3,11,13,14). The molecule has 0 bridgehead atoms. The van der Waals surface area contributed by atoms with Gasteiger partial charge in [-0.15, -0.1) is 11.3 Å². The lowest BCUT2D eigenvalue weighted by atomic mass is 10.5. The molecule has 0 spiro atoms. The van der Waals surface area contributed by atoms with Crippen molar-refractivity contribution in [2.75, 3.05) is 12.3 Å². The Morgan fingerprint density at radius 2 is 2.62 bits per heavy atom. The van der Waals surface area contributed by atoms with Gasteiger partial charge in [0.05, 0.1) is 0 Å². The molecule has 1 heterocycles. The van der Waals surface area contributed by atoms with Gasteiger partial charge in [0.1, 0.15) is 5.01 Å². The van der Waals surface area contributed by atoms with Crippen molar-refractivity contribution in [3.8, 4) is 6.19 Å². The second-order valence-electron chi connectivity index (χ2n) is 2.84. The number of nitrogens with zero attached hydrogens (tertiary/aromatic N) is 3. The van der Waals surface area contributed by atoms with Crippen LogP contribution in [0.4, 0.5) is 0 Å². The minimum Gasteiger partial charge on any atom is -0.369 e. The van der Waals surface area contributed by atoms with Gasteiger partial charge in [0.25, 0.3) is 0 Å². The molecule has 0 saturated heterocycles. The number of nitriles is 1. The Morgan fingerprint density at radius 1 is 1.75 bits per heavy atom. The second-order valence-corrected chi connectivity index (χ2v) is 4.92. The van der Waals surface area contributed by atoms with E-state index in [1.165, 1.54) is 0 Å². The van der Waals surface area contributed by atoms with E-state index in [2.05, 4.69) is 15.3 Å². The number of hydrogen-bond donors (Lipinski definition) is 2. The quantitative estimate of drug-likeness (QED) is 0.262. The minimum atomic E-state index is 0.187. The summed E-state index contributed by atoms with van der Waals surface area (Å²) in [6.07, 6.45) is 4.49. The molecule has 1 aromatic heterocycles. The third kappa shape index (κ3) is 5.58. The highest BCUT2D eigenvalue weighted by Crippen LogP contribution is 2.14. The highest BCUT2D eigenvalue weighted by atomic mass is 32.2. The van der Waals surface area contributed by atoms with Gasteiger partial charge in [-0.05, 0) is 12.2 Å². The van der Waals surface area contributed by atoms with Crippen LogP contribution in [0.15, 0.2) is 16.6 Å². The molecule has 0 saturated carbocycles. The number of nitrogens with one attached hydrogen (secondary N) is 1.